The number of ether oxygens (including phenoxy) is 2. The lowest BCUT2D eigenvalue weighted by molar-refractivity contribution is -0.122. The number of carbonyl (C=O) groups excluding carboxylic acids is 2. The molecule has 1 N–H and O–H groups in total. The number of benzene rings is 3. The number of fused-ring (bicyclic) bond motifs is 2. The molecule has 10 heteroatoms. The SMILES string of the molecule is CCOC(=O)c1ccc2nc(NC(=O)C(CC)Oc3c(-c4ccc(Cl)cc4)oc4ccccc4c3=O)sc2c1. The summed E-state index contributed by atoms with van der Waals surface area (Å²) in [6.45, 7) is 3.79. The molecule has 0 saturated heterocycles. The van der Waals surface area contributed by atoms with E-state index in [2.05, 4.69) is 10.3 Å². The number of nitrogens with one attached hydrogen (secondary N) is 1. The Morgan fingerprint density at radius 2 is 1.85 bits per heavy atom. The Hall–Kier alpha value is -4.21. The molecule has 0 aliphatic rings. The topological polar surface area (TPSA) is 108 Å². The summed E-state index contributed by atoms with van der Waals surface area (Å²) >= 11 is 7.27. The van der Waals surface area contributed by atoms with Crippen molar-refractivity contribution in [2.45, 2.75) is 26.4 Å². The highest BCUT2D eigenvalue weighted by Gasteiger charge is 2.26. The quantitative estimate of drug-likeness (QED) is 0.210. The first-order valence-electron chi connectivity index (χ1n) is 12.2. The predicted molar refractivity (Wildman–Crippen MR) is 152 cm³/mol. The minimum atomic E-state index is -1.01. The van der Waals surface area contributed by atoms with Gasteiger partial charge in [-0.1, -0.05) is 42.0 Å². The fourth-order valence-electron chi connectivity index (χ4n) is 3.99. The van der Waals surface area contributed by atoms with Crippen molar-refractivity contribution in [2.24, 2.45) is 0 Å². The molecule has 0 aliphatic carbocycles. The second-order valence-corrected chi connectivity index (χ2v) is 9.99. The second kappa shape index (κ2) is 11.3. The van der Waals surface area contributed by atoms with Crippen molar-refractivity contribution in [3.63, 3.8) is 0 Å². The molecule has 0 spiro atoms. The highest BCUT2D eigenvalue weighted by molar-refractivity contribution is 7.22. The van der Waals surface area contributed by atoms with Gasteiger partial charge in [0.15, 0.2) is 17.0 Å². The third-order valence-corrected chi connectivity index (χ3v) is 7.10. The first-order chi connectivity index (χ1) is 18.9. The van der Waals surface area contributed by atoms with E-state index in [4.69, 9.17) is 25.5 Å². The molecule has 2 heterocycles. The van der Waals surface area contributed by atoms with Gasteiger partial charge in [0, 0.05) is 10.6 Å². The Labute approximate surface area is 232 Å². The van der Waals surface area contributed by atoms with Crippen LogP contribution in [0.25, 0.3) is 32.5 Å². The maximum atomic E-state index is 13.5. The Balaban J connectivity index is 1.45. The smallest absolute Gasteiger partial charge is 0.338 e. The summed E-state index contributed by atoms with van der Waals surface area (Å²) < 4.78 is 17.9. The number of para-hydroxylation sites is 1. The Morgan fingerprint density at radius 3 is 2.59 bits per heavy atom. The predicted octanol–water partition coefficient (Wildman–Crippen LogP) is 6.70. The van der Waals surface area contributed by atoms with Crippen LogP contribution in [0.2, 0.25) is 5.02 Å². The van der Waals surface area contributed by atoms with Gasteiger partial charge in [-0.25, -0.2) is 9.78 Å². The van der Waals surface area contributed by atoms with Crippen LogP contribution >= 0.6 is 22.9 Å². The van der Waals surface area contributed by atoms with Gasteiger partial charge in [-0.2, -0.15) is 0 Å². The van der Waals surface area contributed by atoms with Crippen LogP contribution in [0.4, 0.5) is 5.13 Å². The number of hydrogen-bond acceptors (Lipinski definition) is 8. The number of thiazole rings is 1. The lowest BCUT2D eigenvalue weighted by atomic mass is 10.1. The van der Waals surface area contributed by atoms with Crippen LogP contribution in [-0.2, 0) is 9.53 Å². The van der Waals surface area contributed by atoms with Crippen molar-refractivity contribution in [1.82, 2.24) is 4.98 Å². The van der Waals surface area contributed by atoms with E-state index in [0.717, 1.165) is 0 Å². The van der Waals surface area contributed by atoms with Crippen molar-refractivity contribution in [3.05, 3.63) is 87.5 Å². The molecule has 198 valence electrons. The lowest BCUT2D eigenvalue weighted by Crippen LogP contribution is -2.34. The van der Waals surface area contributed by atoms with Crippen LogP contribution in [0.3, 0.4) is 0 Å². The molecule has 2 aromatic heterocycles. The molecule has 0 saturated carbocycles. The number of nitrogens with zero attached hydrogens (tertiary/aromatic N) is 1. The summed E-state index contributed by atoms with van der Waals surface area (Å²) in [6, 6.07) is 18.6. The Bertz CT molecular complexity index is 1750. The van der Waals surface area contributed by atoms with E-state index in [1.165, 1.54) is 11.3 Å². The third-order valence-electron chi connectivity index (χ3n) is 5.92. The van der Waals surface area contributed by atoms with Gasteiger partial charge in [0.05, 0.1) is 27.8 Å². The van der Waals surface area contributed by atoms with Crippen LogP contribution < -0.4 is 15.5 Å². The van der Waals surface area contributed by atoms with E-state index in [1.54, 1.807) is 80.6 Å². The number of halogens is 1. The molecule has 39 heavy (non-hydrogen) atoms. The van der Waals surface area contributed by atoms with Crippen molar-refractivity contribution in [2.75, 3.05) is 11.9 Å². The molecule has 0 aliphatic heterocycles. The summed E-state index contributed by atoms with van der Waals surface area (Å²) in [6.07, 6.45) is -0.738. The molecule has 1 unspecified atom stereocenters. The highest BCUT2D eigenvalue weighted by Crippen LogP contribution is 2.33. The molecule has 5 aromatic rings. The molecule has 1 amide bonds. The Kier molecular flexibility index (Phi) is 7.63. The first-order valence-corrected chi connectivity index (χ1v) is 13.4. The van der Waals surface area contributed by atoms with Crippen molar-refractivity contribution < 1.29 is 23.5 Å². The van der Waals surface area contributed by atoms with E-state index in [0.29, 0.717) is 42.5 Å². The summed E-state index contributed by atoms with van der Waals surface area (Å²) in [5, 5.41) is 3.98. The van der Waals surface area contributed by atoms with Gasteiger partial charge in [0.2, 0.25) is 11.2 Å². The van der Waals surface area contributed by atoms with Crippen molar-refractivity contribution >= 4 is 61.1 Å². The van der Waals surface area contributed by atoms with Crippen LogP contribution in [0.1, 0.15) is 30.6 Å². The maximum Gasteiger partial charge on any atom is 0.338 e. The Morgan fingerprint density at radius 1 is 1.08 bits per heavy atom. The highest BCUT2D eigenvalue weighted by atomic mass is 35.5. The number of carbonyl (C=O) groups is 2. The first kappa shape index (κ1) is 26.4. The van der Waals surface area contributed by atoms with Crippen molar-refractivity contribution in [3.8, 4) is 17.1 Å². The average Bonchev–Trinajstić information content (AvgIpc) is 3.34. The van der Waals surface area contributed by atoms with Crippen LogP contribution in [-0.4, -0.2) is 29.6 Å². The largest absolute Gasteiger partial charge is 0.473 e. The number of amides is 1. The molecule has 1 atom stereocenters. The number of rotatable bonds is 8. The molecular formula is C29H23ClN2O6S. The van der Waals surface area contributed by atoms with E-state index in [-0.39, 0.29) is 30.0 Å². The fraction of sp³-hybridized carbons (Fsp3) is 0.172. The summed E-state index contributed by atoms with van der Waals surface area (Å²) in [7, 11) is 0. The lowest BCUT2D eigenvalue weighted by Gasteiger charge is -2.18. The molecule has 3 aromatic carbocycles. The molecule has 8 nitrogen and oxygen atoms in total. The van der Waals surface area contributed by atoms with E-state index in [9.17, 15) is 14.4 Å². The molecule has 0 radical (unpaired) electrons. The number of anilines is 1. The summed E-state index contributed by atoms with van der Waals surface area (Å²) in [5.41, 5.74) is 1.61. The molecular weight excluding hydrogens is 540 g/mol. The number of hydrogen-bond donors (Lipinski definition) is 1. The number of esters is 1. The summed E-state index contributed by atoms with van der Waals surface area (Å²) in [4.78, 5) is 43.2. The zero-order valence-corrected chi connectivity index (χ0v) is 22.6. The molecule has 5 rings (SSSR count). The normalized spacial score (nSPS) is 11.9. The van der Waals surface area contributed by atoms with Gasteiger partial charge in [-0.05, 0) is 67.9 Å². The van der Waals surface area contributed by atoms with Gasteiger partial charge in [-0.15, -0.1) is 0 Å². The van der Waals surface area contributed by atoms with Gasteiger partial charge < -0.3 is 13.9 Å². The van der Waals surface area contributed by atoms with E-state index < -0.39 is 18.0 Å². The van der Waals surface area contributed by atoms with Gasteiger partial charge in [0.25, 0.3) is 5.91 Å². The van der Waals surface area contributed by atoms with E-state index in [1.807, 2.05) is 0 Å². The van der Waals surface area contributed by atoms with Crippen LogP contribution in [0, 0.1) is 0 Å². The minimum Gasteiger partial charge on any atom is -0.473 e. The maximum absolute atomic E-state index is 13.5. The fourth-order valence-corrected chi connectivity index (χ4v) is 5.03. The molecule has 0 bridgehead atoms. The van der Waals surface area contributed by atoms with Gasteiger partial charge >= 0.3 is 5.97 Å². The zero-order chi connectivity index (χ0) is 27.5. The average molecular weight is 563 g/mol. The van der Waals surface area contributed by atoms with Crippen LogP contribution in [0.5, 0.6) is 5.75 Å². The molecule has 0 fully saturated rings. The third kappa shape index (κ3) is 5.50. The number of aromatic nitrogens is 1. The van der Waals surface area contributed by atoms with Crippen LogP contribution in [0.15, 0.2) is 75.9 Å². The minimum absolute atomic E-state index is 0.0681. The standard InChI is InChI=1S/C29H23ClN2O6S/c1-3-21(27(34)32-29-31-20-14-11-17(15-23(20)39-29)28(35)36-4-2)37-26-24(33)19-7-5-6-8-22(19)38-25(26)16-9-12-18(30)13-10-16/h5-15,21H,3-4H2,1-2H3,(H,31,32,34). The zero-order valence-electron chi connectivity index (χ0n) is 21.0. The van der Waals surface area contributed by atoms with Gasteiger partial charge in [0.1, 0.15) is 5.58 Å². The van der Waals surface area contributed by atoms with Crippen molar-refractivity contribution in [1.29, 1.82) is 0 Å². The van der Waals surface area contributed by atoms with E-state index >= 15 is 0 Å². The monoisotopic (exact) mass is 562 g/mol. The second-order valence-electron chi connectivity index (χ2n) is 8.52. The van der Waals surface area contributed by atoms with Gasteiger partial charge in [-0.3, -0.25) is 14.9 Å². The summed E-state index contributed by atoms with van der Waals surface area (Å²) in [5.74, 6) is -0.769.